The van der Waals surface area contributed by atoms with Gasteiger partial charge in [-0.15, -0.1) is 0 Å². The Balaban J connectivity index is 2.12. The summed E-state index contributed by atoms with van der Waals surface area (Å²) in [6.07, 6.45) is 3.52. The first-order valence-corrected chi connectivity index (χ1v) is 5.84. The summed E-state index contributed by atoms with van der Waals surface area (Å²) in [5.74, 6) is 0.851. The summed E-state index contributed by atoms with van der Waals surface area (Å²) in [4.78, 5) is 8.70. The molecule has 3 aromatic rings. The van der Waals surface area contributed by atoms with Gasteiger partial charge in [-0.1, -0.05) is 18.2 Å². The normalized spacial score (nSPS) is 12.8. The number of hydrogen-bond donors (Lipinski definition) is 1. The molecule has 2 aromatic heterocycles. The molecule has 0 radical (unpaired) electrons. The zero-order chi connectivity index (χ0) is 12.5. The fourth-order valence-electron chi connectivity index (χ4n) is 2.15. The summed E-state index contributed by atoms with van der Waals surface area (Å²) in [6, 6.07) is 11.6. The number of imidazole rings is 1. The summed E-state index contributed by atoms with van der Waals surface area (Å²) in [7, 11) is 1.99. The maximum Gasteiger partial charge on any atom is 0.131 e. The quantitative estimate of drug-likeness (QED) is 0.743. The predicted octanol–water partition coefficient (Wildman–Crippen LogP) is 2.02. The first-order chi connectivity index (χ1) is 8.77. The van der Waals surface area contributed by atoms with E-state index < -0.39 is 0 Å². The van der Waals surface area contributed by atoms with Crippen LogP contribution in [0.15, 0.2) is 48.8 Å². The van der Waals surface area contributed by atoms with Gasteiger partial charge >= 0.3 is 0 Å². The van der Waals surface area contributed by atoms with E-state index in [0.29, 0.717) is 0 Å². The molecule has 3 rings (SSSR count). The smallest absolute Gasteiger partial charge is 0.131 e. The second kappa shape index (κ2) is 4.23. The Bertz CT molecular complexity index is 673. The Labute approximate surface area is 105 Å². The van der Waals surface area contributed by atoms with Gasteiger partial charge in [0, 0.05) is 19.4 Å². The number of para-hydroxylation sites is 2. The zero-order valence-electron chi connectivity index (χ0n) is 10.1. The van der Waals surface area contributed by atoms with E-state index in [1.165, 1.54) is 0 Å². The topological polar surface area (TPSA) is 56.7 Å². The molecule has 90 valence electrons. The summed E-state index contributed by atoms with van der Waals surface area (Å²) in [6.45, 7) is 0. The van der Waals surface area contributed by atoms with Crippen LogP contribution in [0, 0.1) is 0 Å². The van der Waals surface area contributed by atoms with Crippen molar-refractivity contribution in [2.45, 2.75) is 6.04 Å². The van der Waals surface area contributed by atoms with E-state index in [4.69, 9.17) is 5.73 Å². The largest absolute Gasteiger partial charge is 0.330 e. The van der Waals surface area contributed by atoms with Crippen molar-refractivity contribution in [3.8, 4) is 0 Å². The number of aryl methyl sites for hydroxylation is 1. The Kier molecular flexibility index (Phi) is 2.57. The molecule has 1 aromatic carbocycles. The Morgan fingerprint density at radius 2 is 2.00 bits per heavy atom. The molecule has 0 aliphatic rings. The minimum atomic E-state index is -0.254. The fraction of sp³-hybridized carbons (Fsp3) is 0.143. The lowest BCUT2D eigenvalue weighted by atomic mass is 10.1. The minimum Gasteiger partial charge on any atom is -0.330 e. The fourth-order valence-corrected chi connectivity index (χ4v) is 2.15. The van der Waals surface area contributed by atoms with Crippen molar-refractivity contribution < 1.29 is 0 Å². The summed E-state index contributed by atoms with van der Waals surface area (Å²) in [5.41, 5.74) is 9.28. The second-order valence-corrected chi connectivity index (χ2v) is 4.28. The molecule has 2 heterocycles. The van der Waals surface area contributed by atoms with Crippen LogP contribution in [0.25, 0.3) is 11.0 Å². The Hall–Kier alpha value is -2.20. The van der Waals surface area contributed by atoms with Crippen LogP contribution in [0.1, 0.15) is 17.4 Å². The molecule has 4 heteroatoms. The molecule has 18 heavy (non-hydrogen) atoms. The number of rotatable bonds is 2. The molecule has 0 saturated carbocycles. The van der Waals surface area contributed by atoms with Gasteiger partial charge in [-0.3, -0.25) is 4.98 Å². The van der Waals surface area contributed by atoms with Crippen molar-refractivity contribution in [1.29, 1.82) is 0 Å². The van der Waals surface area contributed by atoms with Gasteiger partial charge in [0.05, 0.1) is 17.1 Å². The van der Waals surface area contributed by atoms with E-state index in [1.807, 2.05) is 48.0 Å². The maximum absolute atomic E-state index is 6.26. The number of fused-ring (bicyclic) bond motifs is 1. The highest BCUT2D eigenvalue weighted by Crippen LogP contribution is 2.22. The van der Waals surface area contributed by atoms with Gasteiger partial charge in [-0.05, 0) is 23.8 Å². The molecule has 0 amide bonds. The molecule has 2 N–H and O–H groups in total. The predicted molar refractivity (Wildman–Crippen MR) is 71.0 cm³/mol. The maximum atomic E-state index is 6.26. The molecule has 1 atom stereocenters. The van der Waals surface area contributed by atoms with Crippen LogP contribution in [0.3, 0.4) is 0 Å². The van der Waals surface area contributed by atoms with Gasteiger partial charge in [0.1, 0.15) is 5.82 Å². The van der Waals surface area contributed by atoms with Crippen LogP contribution in [0.5, 0.6) is 0 Å². The second-order valence-electron chi connectivity index (χ2n) is 4.28. The number of benzene rings is 1. The molecular weight excluding hydrogens is 224 g/mol. The molecular formula is C14H14N4. The van der Waals surface area contributed by atoms with E-state index in [2.05, 4.69) is 9.97 Å². The number of aromatic nitrogens is 3. The third-order valence-corrected chi connectivity index (χ3v) is 3.14. The van der Waals surface area contributed by atoms with Gasteiger partial charge < -0.3 is 10.3 Å². The third kappa shape index (κ3) is 1.67. The monoisotopic (exact) mass is 238 g/mol. The first-order valence-electron chi connectivity index (χ1n) is 5.84. The van der Waals surface area contributed by atoms with Crippen molar-refractivity contribution in [3.63, 3.8) is 0 Å². The molecule has 0 aliphatic carbocycles. The van der Waals surface area contributed by atoms with E-state index in [9.17, 15) is 0 Å². The average molecular weight is 238 g/mol. The summed E-state index contributed by atoms with van der Waals surface area (Å²) in [5, 5.41) is 0. The van der Waals surface area contributed by atoms with Crippen molar-refractivity contribution >= 4 is 11.0 Å². The zero-order valence-corrected chi connectivity index (χ0v) is 10.1. The number of hydrogen-bond acceptors (Lipinski definition) is 3. The molecule has 0 bridgehead atoms. The lowest BCUT2D eigenvalue weighted by Crippen LogP contribution is -2.16. The van der Waals surface area contributed by atoms with Crippen molar-refractivity contribution in [3.05, 3.63) is 60.2 Å². The Morgan fingerprint density at radius 1 is 1.17 bits per heavy atom. The van der Waals surface area contributed by atoms with E-state index in [0.717, 1.165) is 22.4 Å². The highest BCUT2D eigenvalue weighted by atomic mass is 15.1. The lowest BCUT2D eigenvalue weighted by molar-refractivity contribution is 0.726. The third-order valence-electron chi connectivity index (χ3n) is 3.14. The Morgan fingerprint density at radius 3 is 2.72 bits per heavy atom. The van der Waals surface area contributed by atoms with Crippen LogP contribution < -0.4 is 5.73 Å². The molecule has 0 saturated heterocycles. The van der Waals surface area contributed by atoms with Gasteiger partial charge in [-0.2, -0.15) is 0 Å². The summed E-state index contributed by atoms with van der Waals surface area (Å²) < 4.78 is 2.03. The van der Waals surface area contributed by atoms with Crippen LogP contribution >= 0.6 is 0 Å². The van der Waals surface area contributed by atoms with E-state index in [-0.39, 0.29) is 6.04 Å². The van der Waals surface area contributed by atoms with Crippen molar-refractivity contribution in [2.75, 3.05) is 0 Å². The van der Waals surface area contributed by atoms with Crippen molar-refractivity contribution in [2.24, 2.45) is 12.8 Å². The molecule has 0 fully saturated rings. The standard InChI is InChI=1S/C14H14N4/c1-18-12-7-3-2-6-11(12)17-14(18)13(15)10-5-4-8-16-9-10/h2-9,13H,15H2,1H3/t13-/m0/s1. The van der Waals surface area contributed by atoms with Crippen LogP contribution in [-0.4, -0.2) is 14.5 Å². The number of nitrogens with two attached hydrogens (primary N) is 1. The van der Waals surface area contributed by atoms with Crippen LogP contribution in [0.4, 0.5) is 0 Å². The van der Waals surface area contributed by atoms with E-state index in [1.54, 1.807) is 12.4 Å². The lowest BCUT2D eigenvalue weighted by Gasteiger charge is -2.11. The van der Waals surface area contributed by atoms with Crippen molar-refractivity contribution in [1.82, 2.24) is 14.5 Å². The SMILES string of the molecule is Cn1c([C@@H](N)c2cccnc2)nc2ccccc21. The highest BCUT2D eigenvalue weighted by Gasteiger charge is 2.16. The van der Waals surface area contributed by atoms with E-state index >= 15 is 0 Å². The highest BCUT2D eigenvalue weighted by molar-refractivity contribution is 5.76. The minimum absolute atomic E-state index is 0.254. The van der Waals surface area contributed by atoms with Gasteiger partial charge in [-0.25, -0.2) is 4.98 Å². The van der Waals surface area contributed by atoms with Crippen LogP contribution in [-0.2, 0) is 7.05 Å². The number of nitrogens with zero attached hydrogens (tertiary/aromatic N) is 3. The van der Waals surface area contributed by atoms with Gasteiger partial charge in [0.2, 0.25) is 0 Å². The molecule has 0 spiro atoms. The van der Waals surface area contributed by atoms with Gasteiger partial charge in [0.25, 0.3) is 0 Å². The van der Waals surface area contributed by atoms with Crippen LogP contribution in [0.2, 0.25) is 0 Å². The number of pyridine rings is 1. The molecule has 4 nitrogen and oxygen atoms in total. The summed E-state index contributed by atoms with van der Waals surface area (Å²) >= 11 is 0. The average Bonchev–Trinajstić information content (AvgIpc) is 2.77. The van der Waals surface area contributed by atoms with Gasteiger partial charge in [0.15, 0.2) is 0 Å². The molecule has 0 aliphatic heterocycles. The molecule has 0 unspecified atom stereocenters. The first kappa shape index (κ1) is 10.9.